The van der Waals surface area contributed by atoms with Gasteiger partial charge in [0.25, 0.3) is 0 Å². The normalized spacial score (nSPS) is 20.7. The summed E-state index contributed by atoms with van der Waals surface area (Å²) in [7, 11) is 0. The van der Waals surface area contributed by atoms with E-state index in [-0.39, 0.29) is 5.82 Å². The van der Waals surface area contributed by atoms with Crippen molar-refractivity contribution in [3.05, 3.63) is 34.1 Å². The van der Waals surface area contributed by atoms with Crippen molar-refractivity contribution in [1.82, 2.24) is 5.32 Å². The van der Waals surface area contributed by atoms with Gasteiger partial charge in [0.2, 0.25) is 0 Å². The van der Waals surface area contributed by atoms with Gasteiger partial charge in [-0.05, 0) is 55.7 Å². The van der Waals surface area contributed by atoms with Crippen LogP contribution in [0.1, 0.15) is 31.7 Å². The highest BCUT2D eigenvalue weighted by Gasteiger charge is 2.25. The van der Waals surface area contributed by atoms with Crippen molar-refractivity contribution in [1.29, 1.82) is 0 Å². The number of benzene rings is 1. The first-order valence-corrected chi connectivity index (χ1v) is 8.83. The predicted molar refractivity (Wildman–Crippen MR) is 85.4 cm³/mol. The Bertz CT molecular complexity index is 407. The fraction of sp³-hybridized carbons (Fsp3) is 0.600. The molecule has 4 heteroatoms. The summed E-state index contributed by atoms with van der Waals surface area (Å²) in [6.07, 6.45) is 4.74. The van der Waals surface area contributed by atoms with Crippen LogP contribution in [0.15, 0.2) is 22.7 Å². The highest BCUT2D eigenvalue weighted by molar-refractivity contribution is 9.10. The van der Waals surface area contributed by atoms with Crippen molar-refractivity contribution in [3.63, 3.8) is 0 Å². The summed E-state index contributed by atoms with van der Waals surface area (Å²) in [5.74, 6) is 1.10. The molecule has 1 aliphatic rings. The fourth-order valence-electron chi connectivity index (χ4n) is 2.51. The van der Waals surface area contributed by atoms with Gasteiger partial charge in [0.1, 0.15) is 5.82 Å². The first-order chi connectivity index (χ1) is 9.20. The second kappa shape index (κ2) is 7.65. The average molecular weight is 346 g/mol. The van der Waals surface area contributed by atoms with Crippen LogP contribution in [-0.4, -0.2) is 23.6 Å². The number of rotatable bonds is 6. The van der Waals surface area contributed by atoms with Gasteiger partial charge in [-0.25, -0.2) is 4.39 Å². The van der Waals surface area contributed by atoms with Crippen LogP contribution in [-0.2, 0) is 6.42 Å². The maximum Gasteiger partial charge on any atom is 0.124 e. The number of thioether (sulfide) groups is 1. The second-order valence-corrected chi connectivity index (χ2v) is 7.25. The van der Waals surface area contributed by atoms with Crippen LogP contribution >= 0.6 is 27.7 Å². The van der Waals surface area contributed by atoms with Gasteiger partial charge in [-0.1, -0.05) is 28.9 Å². The first-order valence-electron chi connectivity index (χ1n) is 6.99. The van der Waals surface area contributed by atoms with Crippen LogP contribution in [0.3, 0.4) is 0 Å². The van der Waals surface area contributed by atoms with Gasteiger partial charge in [0, 0.05) is 15.8 Å². The molecule has 106 valence electrons. The number of halogens is 2. The topological polar surface area (TPSA) is 12.0 Å². The van der Waals surface area contributed by atoms with Gasteiger partial charge < -0.3 is 5.32 Å². The summed E-state index contributed by atoms with van der Waals surface area (Å²) in [5.41, 5.74) is 1.20. The van der Waals surface area contributed by atoms with E-state index in [1.165, 1.54) is 24.2 Å². The van der Waals surface area contributed by atoms with E-state index in [0.29, 0.717) is 11.3 Å². The molecule has 1 aromatic carbocycles. The van der Waals surface area contributed by atoms with E-state index in [0.717, 1.165) is 23.9 Å². The minimum Gasteiger partial charge on any atom is -0.313 e. The molecule has 0 aliphatic carbocycles. The third-order valence-corrected chi connectivity index (χ3v) is 5.78. The van der Waals surface area contributed by atoms with Crippen molar-refractivity contribution >= 4 is 27.7 Å². The van der Waals surface area contributed by atoms with E-state index in [4.69, 9.17) is 0 Å². The maximum absolute atomic E-state index is 13.1. The zero-order valence-corrected chi connectivity index (χ0v) is 13.7. The fourth-order valence-corrected chi connectivity index (χ4v) is 4.42. The summed E-state index contributed by atoms with van der Waals surface area (Å²) in [5, 5.41) is 4.36. The average Bonchev–Trinajstić information content (AvgIpc) is 2.90. The van der Waals surface area contributed by atoms with Crippen molar-refractivity contribution in [2.45, 2.75) is 43.9 Å². The van der Waals surface area contributed by atoms with Gasteiger partial charge in [-0.2, -0.15) is 11.8 Å². The van der Waals surface area contributed by atoms with Gasteiger partial charge >= 0.3 is 0 Å². The standard InChI is InChI=1S/C15H21BrFNS/c1-2-7-18-14(15-4-3-8-19-15)9-11-5-6-12(17)10-13(11)16/h5-6,10,14-15,18H,2-4,7-9H2,1H3. The van der Waals surface area contributed by atoms with Crippen LogP contribution in [0.5, 0.6) is 0 Å². The van der Waals surface area contributed by atoms with Crippen LogP contribution in [0.25, 0.3) is 0 Å². The highest BCUT2D eigenvalue weighted by atomic mass is 79.9. The molecular weight excluding hydrogens is 325 g/mol. The zero-order chi connectivity index (χ0) is 13.7. The van der Waals surface area contributed by atoms with Crippen LogP contribution in [0.2, 0.25) is 0 Å². The Labute approximate surface area is 127 Å². The lowest BCUT2D eigenvalue weighted by molar-refractivity contribution is 0.481. The van der Waals surface area contributed by atoms with Crippen molar-refractivity contribution in [2.24, 2.45) is 0 Å². The first kappa shape index (κ1) is 15.3. The molecule has 0 spiro atoms. The maximum atomic E-state index is 13.1. The molecule has 0 aromatic heterocycles. The van der Waals surface area contributed by atoms with E-state index in [2.05, 4.69) is 39.9 Å². The predicted octanol–water partition coefficient (Wildman–Crippen LogP) is 4.39. The number of nitrogens with one attached hydrogen (secondary N) is 1. The lowest BCUT2D eigenvalue weighted by atomic mass is 10.0. The van der Waals surface area contributed by atoms with Crippen molar-refractivity contribution in [2.75, 3.05) is 12.3 Å². The molecular formula is C15H21BrFNS. The summed E-state index contributed by atoms with van der Waals surface area (Å²) in [6, 6.07) is 5.51. The Hall–Kier alpha value is -0.0600. The summed E-state index contributed by atoms with van der Waals surface area (Å²) >= 11 is 5.56. The third kappa shape index (κ3) is 4.47. The Morgan fingerprint density at radius 1 is 1.53 bits per heavy atom. The summed E-state index contributed by atoms with van der Waals surface area (Å²) < 4.78 is 14.0. The van der Waals surface area contributed by atoms with E-state index in [1.54, 1.807) is 12.1 Å². The van der Waals surface area contributed by atoms with Gasteiger partial charge in [0.05, 0.1) is 0 Å². The van der Waals surface area contributed by atoms with Crippen molar-refractivity contribution in [3.8, 4) is 0 Å². The molecule has 0 amide bonds. The van der Waals surface area contributed by atoms with E-state index in [9.17, 15) is 4.39 Å². The molecule has 0 radical (unpaired) electrons. The zero-order valence-electron chi connectivity index (χ0n) is 11.3. The Balaban J connectivity index is 2.05. The molecule has 1 saturated heterocycles. The third-order valence-electron chi connectivity index (χ3n) is 3.53. The van der Waals surface area contributed by atoms with Gasteiger partial charge in [-0.15, -0.1) is 0 Å². The Morgan fingerprint density at radius 2 is 2.37 bits per heavy atom. The molecule has 1 N–H and O–H groups in total. The van der Waals surface area contributed by atoms with E-state index in [1.807, 2.05) is 6.07 Å². The molecule has 1 aromatic rings. The molecule has 1 fully saturated rings. The Morgan fingerprint density at radius 3 is 3.00 bits per heavy atom. The highest BCUT2D eigenvalue weighted by Crippen LogP contribution is 2.31. The SMILES string of the molecule is CCCNC(Cc1ccc(F)cc1Br)C1CCCS1. The van der Waals surface area contributed by atoms with Gasteiger partial charge in [-0.3, -0.25) is 0 Å². The Kier molecular flexibility index (Phi) is 6.17. The van der Waals surface area contributed by atoms with Crippen LogP contribution < -0.4 is 5.32 Å². The molecule has 0 saturated carbocycles. The summed E-state index contributed by atoms with van der Waals surface area (Å²) in [4.78, 5) is 0. The number of hydrogen-bond acceptors (Lipinski definition) is 2. The molecule has 1 heterocycles. The lowest BCUT2D eigenvalue weighted by Crippen LogP contribution is -2.39. The molecule has 1 aliphatic heterocycles. The van der Waals surface area contributed by atoms with Gasteiger partial charge in [0.15, 0.2) is 0 Å². The lowest BCUT2D eigenvalue weighted by Gasteiger charge is -2.24. The smallest absolute Gasteiger partial charge is 0.124 e. The summed E-state index contributed by atoms with van der Waals surface area (Å²) in [6.45, 7) is 3.25. The molecule has 19 heavy (non-hydrogen) atoms. The van der Waals surface area contributed by atoms with Crippen LogP contribution in [0.4, 0.5) is 4.39 Å². The molecule has 2 atom stereocenters. The monoisotopic (exact) mass is 345 g/mol. The minimum absolute atomic E-state index is 0.177. The molecule has 1 nitrogen and oxygen atoms in total. The second-order valence-electron chi connectivity index (χ2n) is 5.05. The minimum atomic E-state index is -0.177. The number of hydrogen-bond donors (Lipinski definition) is 1. The van der Waals surface area contributed by atoms with Crippen LogP contribution in [0, 0.1) is 5.82 Å². The van der Waals surface area contributed by atoms with Crippen molar-refractivity contribution < 1.29 is 4.39 Å². The largest absolute Gasteiger partial charge is 0.313 e. The molecule has 2 rings (SSSR count). The quantitative estimate of drug-likeness (QED) is 0.820. The van der Waals surface area contributed by atoms with E-state index < -0.39 is 0 Å². The molecule has 2 unspecified atom stereocenters. The molecule has 0 bridgehead atoms. The van der Waals surface area contributed by atoms with E-state index >= 15 is 0 Å².